The summed E-state index contributed by atoms with van der Waals surface area (Å²) in [7, 11) is 0. The van der Waals surface area contributed by atoms with E-state index < -0.39 is 0 Å². The van der Waals surface area contributed by atoms with Gasteiger partial charge in [-0.3, -0.25) is 0 Å². The molecular formula is C16H19BFNO. The minimum absolute atomic E-state index is 0.179. The van der Waals surface area contributed by atoms with Gasteiger partial charge in [0, 0.05) is 18.2 Å². The molecule has 2 aromatic carbocycles. The zero-order valence-corrected chi connectivity index (χ0v) is 11.9. The molecule has 0 unspecified atom stereocenters. The van der Waals surface area contributed by atoms with Gasteiger partial charge < -0.3 is 10.5 Å². The van der Waals surface area contributed by atoms with Crippen LogP contribution in [0.2, 0.25) is 13.6 Å². The van der Waals surface area contributed by atoms with E-state index in [0.29, 0.717) is 12.4 Å². The summed E-state index contributed by atoms with van der Waals surface area (Å²) < 4.78 is 19.4. The summed E-state index contributed by atoms with van der Waals surface area (Å²) in [5.41, 5.74) is 8.25. The Morgan fingerprint density at radius 1 is 1.10 bits per heavy atom. The van der Waals surface area contributed by atoms with Gasteiger partial charge in [-0.2, -0.15) is 0 Å². The average Bonchev–Trinajstić information content (AvgIpc) is 2.41. The molecule has 0 aliphatic carbocycles. The van der Waals surface area contributed by atoms with Gasteiger partial charge in [0.1, 0.15) is 11.6 Å². The number of hydrogen-bond donors (Lipinski definition) is 1. The van der Waals surface area contributed by atoms with Gasteiger partial charge in [0.2, 0.25) is 0 Å². The van der Waals surface area contributed by atoms with Gasteiger partial charge in [-0.25, -0.2) is 4.39 Å². The molecule has 0 amide bonds. The molecule has 2 rings (SSSR count). The largest absolute Gasteiger partial charge is 0.493 e. The summed E-state index contributed by atoms with van der Waals surface area (Å²) in [6.07, 6.45) is 0.772. The molecular weight excluding hydrogens is 252 g/mol. The Hall–Kier alpha value is -1.97. The maximum atomic E-state index is 13.8. The van der Waals surface area contributed by atoms with Gasteiger partial charge in [0.05, 0.1) is 6.61 Å². The molecule has 0 atom stereocenters. The number of benzene rings is 2. The van der Waals surface area contributed by atoms with Crippen molar-refractivity contribution in [1.29, 1.82) is 0 Å². The fourth-order valence-electron chi connectivity index (χ4n) is 2.04. The first-order chi connectivity index (χ1) is 9.56. The Labute approximate surface area is 119 Å². The fraction of sp³-hybridized carbons (Fsp3) is 0.250. The van der Waals surface area contributed by atoms with Crippen molar-refractivity contribution < 1.29 is 9.13 Å². The predicted octanol–water partition coefficient (Wildman–Crippen LogP) is 2.99. The second kappa shape index (κ2) is 6.46. The van der Waals surface area contributed by atoms with Crippen LogP contribution in [-0.4, -0.2) is 13.3 Å². The minimum Gasteiger partial charge on any atom is -0.493 e. The van der Waals surface area contributed by atoms with Crippen LogP contribution in [0, 0.1) is 5.82 Å². The van der Waals surface area contributed by atoms with Gasteiger partial charge in [0.15, 0.2) is 6.71 Å². The van der Waals surface area contributed by atoms with Gasteiger partial charge >= 0.3 is 0 Å². The van der Waals surface area contributed by atoms with Crippen molar-refractivity contribution in [3.63, 3.8) is 0 Å². The summed E-state index contributed by atoms with van der Waals surface area (Å²) in [6.45, 7) is 4.64. The Morgan fingerprint density at radius 2 is 1.80 bits per heavy atom. The molecule has 0 aliphatic rings. The Balaban J connectivity index is 1.91. The van der Waals surface area contributed by atoms with Gasteiger partial charge in [-0.1, -0.05) is 31.8 Å². The van der Waals surface area contributed by atoms with E-state index in [-0.39, 0.29) is 12.5 Å². The van der Waals surface area contributed by atoms with Crippen LogP contribution in [0.15, 0.2) is 42.5 Å². The number of hydrogen-bond acceptors (Lipinski definition) is 2. The first-order valence-corrected chi connectivity index (χ1v) is 6.83. The Morgan fingerprint density at radius 3 is 2.40 bits per heavy atom. The van der Waals surface area contributed by atoms with Crippen molar-refractivity contribution in [3.8, 4) is 5.75 Å². The van der Waals surface area contributed by atoms with Crippen molar-refractivity contribution in [2.45, 2.75) is 20.1 Å². The van der Waals surface area contributed by atoms with E-state index in [9.17, 15) is 4.39 Å². The van der Waals surface area contributed by atoms with Crippen LogP contribution in [0.3, 0.4) is 0 Å². The molecule has 20 heavy (non-hydrogen) atoms. The molecule has 0 heterocycles. The molecule has 0 aromatic heterocycles. The highest BCUT2D eigenvalue weighted by molar-refractivity contribution is 6.70. The van der Waals surface area contributed by atoms with Crippen LogP contribution in [0.25, 0.3) is 0 Å². The van der Waals surface area contributed by atoms with Crippen LogP contribution in [0.1, 0.15) is 5.56 Å². The van der Waals surface area contributed by atoms with E-state index in [2.05, 4.69) is 0 Å². The zero-order chi connectivity index (χ0) is 14.5. The summed E-state index contributed by atoms with van der Waals surface area (Å²) >= 11 is 0. The maximum absolute atomic E-state index is 13.8. The van der Waals surface area contributed by atoms with Crippen LogP contribution in [0.5, 0.6) is 5.75 Å². The van der Waals surface area contributed by atoms with Crippen molar-refractivity contribution in [1.82, 2.24) is 0 Å². The van der Waals surface area contributed by atoms with Crippen LogP contribution < -0.4 is 15.9 Å². The topological polar surface area (TPSA) is 35.2 Å². The Kier molecular flexibility index (Phi) is 4.67. The summed E-state index contributed by atoms with van der Waals surface area (Å²) in [4.78, 5) is 0. The monoisotopic (exact) mass is 271 g/mol. The number of halogens is 1. The van der Waals surface area contributed by atoms with E-state index in [1.54, 1.807) is 6.07 Å². The van der Waals surface area contributed by atoms with Gasteiger partial charge in [0.25, 0.3) is 0 Å². The normalized spacial score (nSPS) is 10.3. The molecule has 2 aromatic rings. The first-order valence-electron chi connectivity index (χ1n) is 6.83. The van der Waals surface area contributed by atoms with Crippen LogP contribution in [-0.2, 0) is 6.42 Å². The number of nitrogen functional groups attached to an aromatic ring is 1. The lowest BCUT2D eigenvalue weighted by Crippen LogP contribution is -2.25. The SMILES string of the molecule is CB(C)c1ccc(OCCc2ccc(N)cc2)cc1F. The summed E-state index contributed by atoms with van der Waals surface area (Å²) in [5, 5.41) is 0. The first kappa shape index (κ1) is 14.4. The lowest BCUT2D eigenvalue weighted by molar-refractivity contribution is 0.320. The maximum Gasteiger partial charge on any atom is 0.173 e. The average molecular weight is 271 g/mol. The number of ether oxygens (including phenoxy) is 1. The quantitative estimate of drug-likeness (QED) is 0.670. The Bertz CT molecular complexity index is 569. The van der Waals surface area contributed by atoms with Crippen molar-refractivity contribution in [2.75, 3.05) is 12.3 Å². The third kappa shape index (κ3) is 3.76. The molecule has 4 heteroatoms. The highest BCUT2D eigenvalue weighted by atomic mass is 19.1. The molecule has 2 nitrogen and oxygen atoms in total. The molecule has 0 radical (unpaired) electrons. The standard InChI is InChI=1S/C16H19BFNO/c1-17(2)15-8-7-14(11-16(15)18)20-10-9-12-3-5-13(19)6-4-12/h3-8,11H,9-10,19H2,1-2H3. The van der Waals surface area contributed by atoms with Crippen molar-refractivity contribution in [3.05, 3.63) is 53.8 Å². The summed E-state index contributed by atoms with van der Waals surface area (Å²) in [6, 6.07) is 12.7. The molecule has 2 N–H and O–H groups in total. The zero-order valence-electron chi connectivity index (χ0n) is 11.9. The van der Waals surface area contributed by atoms with E-state index in [0.717, 1.165) is 23.1 Å². The lowest BCUT2D eigenvalue weighted by Gasteiger charge is -2.09. The van der Waals surface area contributed by atoms with E-state index in [4.69, 9.17) is 10.5 Å². The smallest absolute Gasteiger partial charge is 0.173 e. The van der Waals surface area contributed by atoms with E-state index >= 15 is 0 Å². The van der Waals surface area contributed by atoms with Gasteiger partial charge in [-0.05, 0) is 29.2 Å². The van der Waals surface area contributed by atoms with Crippen molar-refractivity contribution in [2.24, 2.45) is 0 Å². The van der Waals surface area contributed by atoms with Gasteiger partial charge in [-0.15, -0.1) is 0 Å². The van der Waals surface area contributed by atoms with Crippen LogP contribution in [0.4, 0.5) is 10.1 Å². The number of anilines is 1. The second-order valence-electron chi connectivity index (χ2n) is 5.18. The molecule has 0 saturated carbocycles. The number of rotatable bonds is 5. The third-order valence-electron chi connectivity index (χ3n) is 3.23. The molecule has 0 fully saturated rings. The highest BCUT2D eigenvalue weighted by Crippen LogP contribution is 2.13. The van der Waals surface area contributed by atoms with Crippen molar-refractivity contribution >= 4 is 17.9 Å². The number of nitrogens with two attached hydrogens (primary N) is 1. The molecule has 0 spiro atoms. The second-order valence-corrected chi connectivity index (χ2v) is 5.18. The lowest BCUT2D eigenvalue weighted by atomic mass is 9.49. The highest BCUT2D eigenvalue weighted by Gasteiger charge is 2.10. The third-order valence-corrected chi connectivity index (χ3v) is 3.23. The van der Waals surface area contributed by atoms with Crippen LogP contribution >= 0.6 is 0 Å². The van der Waals surface area contributed by atoms with E-state index in [1.165, 1.54) is 6.07 Å². The molecule has 104 valence electrons. The summed E-state index contributed by atoms with van der Waals surface area (Å²) in [5.74, 6) is 0.368. The molecule has 0 saturated heterocycles. The molecule has 0 bridgehead atoms. The fourth-order valence-corrected chi connectivity index (χ4v) is 2.04. The predicted molar refractivity (Wildman–Crippen MR) is 83.6 cm³/mol. The van der Waals surface area contributed by atoms with E-state index in [1.807, 2.05) is 44.0 Å². The molecule has 0 aliphatic heterocycles. The minimum atomic E-state index is -0.204.